The van der Waals surface area contributed by atoms with E-state index in [1.807, 2.05) is 38.1 Å². The number of ether oxygens (including phenoxy) is 3. The zero-order valence-electron chi connectivity index (χ0n) is 23.0. The second-order valence-corrected chi connectivity index (χ2v) is 10.5. The summed E-state index contributed by atoms with van der Waals surface area (Å²) in [4.78, 5) is 43.0. The minimum absolute atomic E-state index is 0.00214. The third-order valence-electron chi connectivity index (χ3n) is 7.88. The quantitative estimate of drug-likeness (QED) is 0.473. The van der Waals surface area contributed by atoms with Gasteiger partial charge in [0.15, 0.2) is 6.29 Å². The predicted molar refractivity (Wildman–Crippen MR) is 144 cm³/mol. The first-order chi connectivity index (χ1) is 18.3. The van der Waals surface area contributed by atoms with Crippen molar-refractivity contribution in [1.29, 1.82) is 0 Å². The van der Waals surface area contributed by atoms with Gasteiger partial charge in [0.25, 0.3) is 11.5 Å². The van der Waals surface area contributed by atoms with Gasteiger partial charge >= 0.3 is 6.09 Å². The Morgan fingerprint density at radius 2 is 1.74 bits per heavy atom. The molecule has 0 radical (unpaired) electrons. The number of para-hydroxylation sites is 1. The third kappa shape index (κ3) is 5.87. The van der Waals surface area contributed by atoms with Crippen LogP contribution in [0, 0.1) is 0 Å². The van der Waals surface area contributed by atoms with Crippen LogP contribution in [0.25, 0.3) is 10.9 Å². The van der Waals surface area contributed by atoms with Gasteiger partial charge in [-0.1, -0.05) is 18.2 Å². The molecule has 2 fully saturated rings. The van der Waals surface area contributed by atoms with Gasteiger partial charge in [0, 0.05) is 51.5 Å². The summed E-state index contributed by atoms with van der Waals surface area (Å²) in [5.41, 5.74) is 0.760. The Morgan fingerprint density at radius 3 is 2.34 bits per heavy atom. The van der Waals surface area contributed by atoms with E-state index in [1.165, 1.54) is 7.11 Å². The summed E-state index contributed by atoms with van der Waals surface area (Å²) in [6, 6.07) is 9.93. The fourth-order valence-corrected chi connectivity index (χ4v) is 6.03. The van der Waals surface area contributed by atoms with Gasteiger partial charge in [-0.25, -0.2) is 4.79 Å². The average Bonchev–Trinajstić information content (AvgIpc) is 3.15. The van der Waals surface area contributed by atoms with Crippen molar-refractivity contribution in [2.24, 2.45) is 0 Å². The molecule has 0 saturated carbocycles. The lowest BCUT2D eigenvalue weighted by Gasteiger charge is -2.40. The first kappa shape index (κ1) is 28.1. The van der Waals surface area contributed by atoms with Crippen molar-refractivity contribution in [3.05, 3.63) is 46.2 Å². The van der Waals surface area contributed by atoms with Crippen LogP contribution in [-0.4, -0.2) is 91.7 Å². The minimum Gasteiger partial charge on any atom is -0.453 e. The summed E-state index contributed by atoms with van der Waals surface area (Å²) in [6.45, 7) is 5.38. The zero-order chi connectivity index (χ0) is 27.4. The van der Waals surface area contributed by atoms with Crippen molar-refractivity contribution < 1.29 is 23.8 Å². The molecule has 2 amide bonds. The lowest BCUT2D eigenvalue weighted by atomic mass is 9.96. The van der Waals surface area contributed by atoms with Crippen LogP contribution in [0.15, 0.2) is 35.1 Å². The number of methoxy groups -OCH3 is 3. The summed E-state index contributed by atoms with van der Waals surface area (Å²) in [7, 11) is 4.45. The summed E-state index contributed by atoms with van der Waals surface area (Å²) in [5, 5.41) is 4.04. The largest absolute Gasteiger partial charge is 0.453 e. The number of carbonyl (C=O) groups is 2. The van der Waals surface area contributed by atoms with Crippen molar-refractivity contribution in [3.8, 4) is 0 Å². The maximum absolute atomic E-state index is 13.3. The van der Waals surface area contributed by atoms with E-state index < -0.39 is 12.4 Å². The molecule has 10 heteroatoms. The number of benzene rings is 1. The van der Waals surface area contributed by atoms with Gasteiger partial charge in [-0.2, -0.15) is 0 Å². The number of rotatable bonds is 10. The summed E-state index contributed by atoms with van der Waals surface area (Å²) in [5.74, 6) is -0.310. The molecule has 2 saturated heterocycles. The van der Waals surface area contributed by atoms with Crippen LogP contribution >= 0.6 is 0 Å². The van der Waals surface area contributed by atoms with Crippen LogP contribution in [-0.2, 0) is 14.2 Å². The molecule has 2 unspecified atom stereocenters. The monoisotopic (exact) mass is 528 g/mol. The molecule has 38 heavy (non-hydrogen) atoms. The van der Waals surface area contributed by atoms with E-state index in [2.05, 4.69) is 10.2 Å². The number of hydrogen-bond donors (Lipinski definition) is 1. The number of hydrogen-bond acceptors (Lipinski definition) is 7. The standard InChI is InChI=1S/C28H40N4O6/c1-18(2)32-24-9-7-6-8-19(24)14-23(27(32)34)26(33)29-20-15-21-10-11-22(16-20)31(21)13-12-30(28(35)38-5)17-25(36-3)37-4/h6-9,14,18,20-22,25H,10-13,15-17H2,1-5H3,(H,29,33)/t20?,21-,22?/m1/s1. The van der Waals surface area contributed by atoms with E-state index in [4.69, 9.17) is 14.2 Å². The van der Waals surface area contributed by atoms with E-state index in [-0.39, 0.29) is 35.7 Å². The summed E-state index contributed by atoms with van der Waals surface area (Å²) < 4.78 is 17.2. The molecular weight excluding hydrogens is 488 g/mol. The normalized spacial score (nSPS) is 21.3. The molecule has 3 heterocycles. The number of carbonyl (C=O) groups excluding carboxylic acids is 2. The second kappa shape index (κ2) is 12.3. The lowest BCUT2D eigenvalue weighted by molar-refractivity contribution is -0.114. The smallest absolute Gasteiger partial charge is 0.409 e. The highest BCUT2D eigenvalue weighted by Crippen LogP contribution is 2.35. The maximum atomic E-state index is 13.3. The van der Waals surface area contributed by atoms with E-state index in [0.29, 0.717) is 25.2 Å². The van der Waals surface area contributed by atoms with Crippen LogP contribution in [0.1, 0.15) is 55.9 Å². The van der Waals surface area contributed by atoms with Crippen molar-refractivity contribution in [3.63, 3.8) is 0 Å². The van der Waals surface area contributed by atoms with Crippen LogP contribution in [0.4, 0.5) is 4.79 Å². The molecular formula is C28H40N4O6. The number of nitrogens with zero attached hydrogens (tertiary/aromatic N) is 3. The van der Waals surface area contributed by atoms with Crippen molar-refractivity contribution in [1.82, 2.24) is 19.7 Å². The molecule has 1 N–H and O–H groups in total. The van der Waals surface area contributed by atoms with E-state index in [1.54, 1.807) is 29.8 Å². The molecule has 2 aromatic rings. The molecule has 1 aromatic carbocycles. The predicted octanol–water partition coefficient (Wildman–Crippen LogP) is 2.99. The highest BCUT2D eigenvalue weighted by atomic mass is 16.7. The first-order valence-electron chi connectivity index (χ1n) is 13.4. The van der Waals surface area contributed by atoms with Gasteiger partial charge in [0.05, 0.1) is 19.2 Å². The number of pyridine rings is 1. The van der Waals surface area contributed by atoms with Gasteiger partial charge in [0.2, 0.25) is 0 Å². The van der Waals surface area contributed by atoms with Gasteiger partial charge in [-0.15, -0.1) is 0 Å². The Morgan fingerprint density at radius 1 is 1.08 bits per heavy atom. The first-order valence-corrected chi connectivity index (χ1v) is 13.4. The number of amides is 2. The number of nitrogens with one attached hydrogen (secondary N) is 1. The molecule has 4 rings (SSSR count). The average molecular weight is 529 g/mol. The zero-order valence-corrected chi connectivity index (χ0v) is 23.0. The Hall–Kier alpha value is -2.95. The Kier molecular flexibility index (Phi) is 9.07. The second-order valence-electron chi connectivity index (χ2n) is 10.5. The van der Waals surface area contributed by atoms with Crippen LogP contribution in [0.3, 0.4) is 0 Å². The molecule has 2 aliphatic rings. The SMILES string of the molecule is COC(=O)N(CCN1C2CC[C@@H]1CC(NC(=O)c1cc3ccccc3n(C(C)C)c1=O)C2)CC(OC)OC. The Labute approximate surface area is 223 Å². The van der Waals surface area contributed by atoms with Crippen molar-refractivity contribution in [2.75, 3.05) is 41.0 Å². The minimum atomic E-state index is -0.526. The molecule has 1 aromatic heterocycles. The van der Waals surface area contributed by atoms with E-state index in [9.17, 15) is 14.4 Å². The van der Waals surface area contributed by atoms with Gasteiger partial charge in [0.1, 0.15) is 5.56 Å². The number of fused-ring (bicyclic) bond motifs is 3. The molecule has 2 bridgehead atoms. The highest BCUT2D eigenvalue weighted by molar-refractivity contribution is 5.97. The van der Waals surface area contributed by atoms with Gasteiger partial charge in [-0.05, 0) is 57.0 Å². The van der Waals surface area contributed by atoms with Crippen LogP contribution < -0.4 is 10.9 Å². The summed E-state index contributed by atoms with van der Waals surface area (Å²) in [6.07, 6.45) is 2.77. The van der Waals surface area contributed by atoms with Gasteiger partial charge < -0.3 is 29.0 Å². The highest BCUT2D eigenvalue weighted by Gasteiger charge is 2.41. The van der Waals surface area contributed by atoms with E-state index in [0.717, 1.165) is 36.6 Å². The van der Waals surface area contributed by atoms with E-state index >= 15 is 0 Å². The number of piperidine rings is 1. The third-order valence-corrected chi connectivity index (χ3v) is 7.88. The maximum Gasteiger partial charge on any atom is 0.409 e. The van der Waals surface area contributed by atoms with Crippen LogP contribution in [0.5, 0.6) is 0 Å². The fourth-order valence-electron chi connectivity index (χ4n) is 6.03. The van der Waals surface area contributed by atoms with Crippen LogP contribution in [0.2, 0.25) is 0 Å². The summed E-state index contributed by atoms with van der Waals surface area (Å²) >= 11 is 0. The molecule has 208 valence electrons. The lowest BCUT2D eigenvalue weighted by Crippen LogP contribution is -2.53. The molecule has 0 spiro atoms. The molecule has 3 atom stereocenters. The molecule has 2 aliphatic heterocycles. The van der Waals surface area contributed by atoms with Crippen molar-refractivity contribution in [2.45, 2.75) is 70.0 Å². The molecule has 10 nitrogen and oxygen atoms in total. The Bertz CT molecular complexity index is 1180. The Balaban J connectivity index is 1.42. The fraction of sp³-hybridized carbons (Fsp3) is 0.607. The topological polar surface area (TPSA) is 102 Å². The van der Waals surface area contributed by atoms with Gasteiger partial charge in [-0.3, -0.25) is 14.5 Å². The number of aromatic nitrogens is 1. The molecule has 0 aliphatic carbocycles. The van der Waals surface area contributed by atoms with Crippen molar-refractivity contribution >= 4 is 22.9 Å².